The highest BCUT2D eigenvalue weighted by Crippen LogP contribution is 2.26. The number of amides is 4. The topological polar surface area (TPSA) is 202 Å². The van der Waals surface area contributed by atoms with Crippen LogP contribution in [-0.2, 0) is 29.4 Å². The van der Waals surface area contributed by atoms with Crippen molar-refractivity contribution in [3.8, 4) is 0 Å². The quantitative estimate of drug-likeness (QED) is 0.183. The first-order valence-electron chi connectivity index (χ1n) is 9.70. The van der Waals surface area contributed by atoms with Crippen LogP contribution in [0.1, 0.15) is 31.3 Å². The van der Waals surface area contributed by atoms with Gasteiger partial charge in [0, 0.05) is 11.9 Å². The van der Waals surface area contributed by atoms with Crippen molar-refractivity contribution in [2.24, 2.45) is 0 Å². The van der Waals surface area contributed by atoms with Gasteiger partial charge in [0.05, 0.1) is 12.6 Å². The Labute approximate surface area is 197 Å². The van der Waals surface area contributed by atoms with E-state index >= 15 is 0 Å². The maximum atomic E-state index is 12.4. The molecular formula is C17H21N5O10S2. The third-order valence-corrected chi connectivity index (χ3v) is 6.21. The summed E-state index contributed by atoms with van der Waals surface area (Å²) in [5, 5.41) is 5.59. The maximum Gasteiger partial charge on any atom is 0.413 e. The van der Waals surface area contributed by atoms with E-state index in [-0.39, 0.29) is 34.8 Å². The summed E-state index contributed by atoms with van der Waals surface area (Å²) in [6.45, 7) is 4.73. The van der Waals surface area contributed by atoms with Gasteiger partial charge in [0.25, 0.3) is 17.6 Å². The number of nitrogens with one attached hydrogen (secondary N) is 2. The van der Waals surface area contributed by atoms with Crippen molar-refractivity contribution in [2.75, 3.05) is 25.0 Å². The molecule has 0 aromatic carbocycles. The molecule has 0 radical (unpaired) electrons. The lowest BCUT2D eigenvalue weighted by Crippen LogP contribution is -2.74. The van der Waals surface area contributed by atoms with E-state index in [2.05, 4.69) is 15.6 Å². The number of ether oxygens (including phenoxy) is 2. The summed E-state index contributed by atoms with van der Waals surface area (Å²) < 4.78 is 42.3. The van der Waals surface area contributed by atoms with Gasteiger partial charge in [-0.3, -0.25) is 24.3 Å². The number of nitrogens with zero attached hydrogens (tertiary/aromatic N) is 3. The lowest BCUT2D eigenvalue weighted by atomic mass is 9.97. The molecule has 3 N–H and O–H groups in total. The lowest BCUT2D eigenvalue weighted by molar-refractivity contribution is -0.145. The number of Topliss-reactive ketones (excluding diaryl/α,β-unsaturated/α-hetero) is 1. The Hall–Kier alpha value is -3.31. The fraction of sp³-hybridized carbons (Fsp3) is 0.529. The predicted octanol–water partition coefficient (Wildman–Crippen LogP) is -0.377. The first-order valence-corrected chi connectivity index (χ1v) is 12.0. The van der Waals surface area contributed by atoms with Gasteiger partial charge < -0.3 is 19.7 Å². The lowest BCUT2D eigenvalue weighted by Gasteiger charge is -2.45. The molecule has 4 amide bonds. The molecule has 0 unspecified atom stereocenters. The third kappa shape index (κ3) is 5.60. The highest BCUT2D eigenvalue weighted by Gasteiger charge is 2.55. The number of ketones is 1. The fourth-order valence-corrected chi connectivity index (χ4v) is 4.66. The number of anilines is 1. The van der Waals surface area contributed by atoms with Crippen LogP contribution in [0, 0.1) is 0 Å². The second-order valence-electron chi connectivity index (χ2n) is 8.18. The van der Waals surface area contributed by atoms with Gasteiger partial charge in [-0.2, -0.15) is 8.42 Å². The molecule has 2 atom stereocenters. The van der Waals surface area contributed by atoms with Gasteiger partial charge in [-0.15, -0.1) is 11.3 Å². The van der Waals surface area contributed by atoms with Crippen LogP contribution < -0.4 is 10.6 Å². The second kappa shape index (κ2) is 9.15. The smallest absolute Gasteiger partial charge is 0.413 e. The Balaban J connectivity index is 1.67. The van der Waals surface area contributed by atoms with Crippen LogP contribution in [0.15, 0.2) is 5.38 Å². The normalized spacial score (nSPS) is 20.5. The van der Waals surface area contributed by atoms with E-state index in [1.807, 2.05) is 0 Å². The van der Waals surface area contributed by atoms with Gasteiger partial charge in [-0.25, -0.2) is 18.9 Å². The number of hydrogen-bond acceptors (Lipinski definition) is 11. The molecule has 3 rings (SSSR count). The van der Waals surface area contributed by atoms with Crippen LogP contribution in [0.2, 0.25) is 0 Å². The zero-order chi connectivity index (χ0) is 25.4. The minimum Gasteiger partial charge on any atom is -0.448 e. The van der Waals surface area contributed by atoms with E-state index in [9.17, 15) is 36.9 Å². The Bertz CT molecular complexity index is 1140. The number of hydrogen-bond donors (Lipinski definition) is 3. The molecule has 186 valence electrons. The summed E-state index contributed by atoms with van der Waals surface area (Å²) in [7, 11) is -4.98. The number of thiazole rings is 1. The van der Waals surface area contributed by atoms with Crippen LogP contribution >= 0.6 is 11.3 Å². The Morgan fingerprint density at radius 3 is 2.56 bits per heavy atom. The number of carbonyl (C=O) groups excluding carboxylic acids is 5. The van der Waals surface area contributed by atoms with Crippen molar-refractivity contribution >= 4 is 56.6 Å². The predicted molar refractivity (Wildman–Crippen MR) is 113 cm³/mol. The molecule has 2 aliphatic rings. The largest absolute Gasteiger partial charge is 0.448 e. The average molecular weight is 520 g/mol. The van der Waals surface area contributed by atoms with Crippen molar-refractivity contribution in [3.05, 3.63) is 11.1 Å². The molecule has 1 aromatic heterocycles. The molecule has 15 nitrogen and oxygen atoms in total. The summed E-state index contributed by atoms with van der Waals surface area (Å²) in [6.07, 6.45) is -1.58. The zero-order valence-corrected chi connectivity index (χ0v) is 19.8. The summed E-state index contributed by atoms with van der Waals surface area (Å²) in [5.41, 5.74) is -1.11. The standard InChI is InChI=1S/C17H21N5O10S2/c1-17(2,3)32-15(26)20-14-18-8(7-33-14)11(23)12(24)19-10-9(6-21-4-5-31-16(21)27)22(13(10)25)34(28,29)30/h7,9-10H,4-6H2,1-3H3,(H,19,24)(H,18,20,26)(H,28,29,30)/t9-,10+/m1/s1. The minimum absolute atomic E-state index is 0.0203. The van der Waals surface area contributed by atoms with Gasteiger partial charge in [0.15, 0.2) is 5.13 Å². The summed E-state index contributed by atoms with van der Waals surface area (Å²) in [4.78, 5) is 65.5. The SMILES string of the molecule is CC(C)(C)OC(=O)Nc1nc(C(=O)C(=O)N[C@@H]2C(=O)N(S(=O)(=O)O)[C@@H]2CN2CCOC2=O)cs1. The Morgan fingerprint density at radius 1 is 1.32 bits per heavy atom. The van der Waals surface area contributed by atoms with E-state index in [4.69, 9.17) is 9.47 Å². The Morgan fingerprint density at radius 2 is 2.00 bits per heavy atom. The highest BCUT2D eigenvalue weighted by molar-refractivity contribution is 7.84. The van der Waals surface area contributed by atoms with Gasteiger partial charge in [-0.1, -0.05) is 0 Å². The third-order valence-electron chi connectivity index (χ3n) is 4.51. The summed E-state index contributed by atoms with van der Waals surface area (Å²) >= 11 is 0.845. The van der Waals surface area contributed by atoms with Gasteiger partial charge in [0.2, 0.25) is 0 Å². The van der Waals surface area contributed by atoms with Crippen molar-refractivity contribution in [1.82, 2.24) is 19.5 Å². The van der Waals surface area contributed by atoms with E-state index < -0.39 is 57.8 Å². The van der Waals surface area contributed by atoms with E-state index in [0.29, 0.717) is 0 Å². The molecular weight excluding hydrogens is 498 g/mol. The minimum atomic E-state index is -4.98. The van der Waals surface area contributed by atoms with Crippen LogP contribution in [0.3, 0.4) is 0 Å². The zero-order valence-electron chi connectivity index (χ0n) is 18.1. The van der Waals surface area contributed by atoms with Crippen molar-refractivity contribution in [1.29, 1.82) is 0 Å². The number of carbonyl (C=O) groups is 5. The molecule has 2 aliphatic heterocycles. The summed E-state index contributed by atoms with van der Waals surface area (Å²) in [5.74, 6) is -3.63. The van der Waals surface area contributed by atoms with Gasteiger partial charge in [-0.05, 0) is 20.8 Å². The second-order valence-corrected chi connectivity index (χ2v) is 10.3. The molecule has 2 fully saturated rings. The van der Waals surface area contributed by atoms with Crippen LogP contribution in [0.4, 0.5) is 14.7 Å². The van der Waals surface area contributed by atoms with Crippen molar-refractivity contribution in [3.63, 3.8) is 0 Å². The van der Waals surface area contributed by atoms with E-state index in [1.54, 1.807) is 20.8 Å². The number of cyclic esters (lactones) is 1. The molecule has 0 bridgehead atoms. The molecule has 17 heteroatoms. The monoisotopic (exact) mass is 519 g/mol. The molecule has 0 spiro atoms. The average Bonchev–Trinajstić information content (AvgIpc) is 3.31. The number of β-lactam (4-membered cyclic amide) rings is 1. The van der Waals surface area contributed by atoms with E-state index in [0.717, 1.165) is 16.2 Å². The first kappa shape index (κ1) is 25.3. The Kier molecular flexibility index (Phi) is 6.81. The molecule has 0 saturated carbocycles. The van der Waals surface area contributed by atoms with Crippen LogP contribution in [0.25, 0.3) is 0 Å². The van der Waals surface area contributed by atoms with Crippen LogP contribution in [0.5, 0.6) is 0 Å². The maximum absolute atomic E-state index is 12.4. The van der Waals surface area contributed by atoms with Crippen LogP contribution in [-0.4, -0.2) is 94.3 Å². The van der Waals surface area contributed by atoms with E-state index in [1.165, 1.54) is 5.38 Å². The van der Waals surface area contributed by atoms with Gasteiger partial charge >= 0.3 is 22.5 Å². The number of aromatic nitrogens is 1. The number of rotatable bonds is 7. The highest BCUT2D eigenvalue weighted by atomic mass is 32.2. The first-order chi connectivity index (χ1) is 15.7. The molecule has 34 heavy (non-hydrogen) atoms. The van der Waals surface area contributed by atoms with Gasteiger partial charge in [0.1, 0.15) is 23.9 Å². The molecule has 0 aliphatic carbocycles. The molecule has 3 heterocycles. The van der Waals surface area contributed by atoms with Crippen molar-refractivity contribution in [2.45, 2.75) is 38.5 Å². The van der Waals surface area contributed by atoms with Crippen molar-refractivity contribution < 1.29 is 46.4 Å². The summed E-state index contributed by atoms with van der Waals surface area (Å²) in [6, 6.07) is -2.87. The molecule has 1 aromatic rings. The molecule has 2 saturated heterocycles. The fourth-order valence-electron chi connectivity index (χ4n) is 3.11.